The summed E-state index contributed by atoms with van der Waals surface area (Å²) in [5.74, 6) is 6.69. The summed E-state index contributed by atoms with van der Waals surface area (Å²) in [7, 11) is 0. The van der Waals surface area contributed by atoms with Gasteiger partial charge in [-0.2, -0.15) is 9.97 Å². The van der Waals surface area contributed by atoms with E-state index >= 15 is 0 Å². The smallest absolute Gasteiger partial charge is 0.223 e. The molecule has 1 aromatic heterocycles. The summed E-state index contributed by atoms with van der Waals surface area (Å²) in [6, 6.07) is 1.74. The van der Waals surface area contributed by atoms with Crippen molar-refractivity contribution in [2.24, 2.45) is 11.3 Å². The van der Waals surface area contributed by atoms with Crippen LogP contribution in [-0.2, 0) is 0 Å². The Hall–Kier alpha value is -1.56. The van der Waals surface area contributed by atoms with Crippen molar-refractivity contribution in [1.29, 1.82) is 0 Å². The van der Waals surface area contributed by atoms with Gasteiger partial charge in [-0.05, 0) is 25.7 Å². The molecule has 18 heavy (non-hydrogen) atoms. The zero-order valence-electron chi connectivity index (χ0n) is 11.8. The normalized spacial score (nSPS) is 12.3. The van der Waals surface area contributed by atoms with Crippen molar-refractivity contribution in [1.82, 2.24) is 9.97 Å². The van der Waals surface area contributed by atoms with Gasteiger partial charge in [0.1, 0.15) is 11.6 Å². The first-order valence-electron chi connectivity index (χ1n) is 6.01. The first-order valence-corrected chi connectivity index (χ1v) is 6.01. The van der Waals surface area contributed by atoms with E-state index in [4.69, 9.17) is 11.6 Å². The third-order valence-corrected chi connectivity index (χ3v) is 2.33. The molecule has 0 aliphatic rings. The van der Waals surface area contributed by atoms with Crippen LogP contribution in [0.15, 0.2) is 6.07 Å². The van der Waals surface area contributed by atoms with Crippen molar-refractivity contribution in [3.8, 4) is 0 Å². The standard InChI is InChI=1S/C12H24N6/c1-11(2,3)7-12(4,5)17-8-6-9(18-14)16-10(13)15-8/h6H,7,14H2,1-5H3,(H4,13,15,16,17,18). The van der Waals surface area contributed by atoms with E-state index in [1.807, 2.05) is 0 Å². The third kappa shape index (κ3) is 4.75. The van der Waals surface area contributed by atoms with Crippen LogP contribution in [0.4, 0.5) is 17.6 Å². The van der Waals surface area contributed by atoms with Gasteiger partial charge in [0.05, 0.1) is 0 Å². The number of aromatic nitrogens is 2. The van der Waals surface area contributed by atoms with Crippen molar-refractivity contribution in [3.05, 3.63) is 6.07 Å². The number of nitrogens with zero attached hydrogens (tertiary/aromatic N) is 2. The number of rotatable bonds is 4. The quantitative estimate of drug-likeness (QED) is 0.482. The summed E-state index contributed by atoms with van der Waals surface area (Å²) in [6.45, 7) is 10.9. The van der Waals surface area contributed by atoms with Gasteiger partial charge in [0, 0.05) is 11.6 Å². The summed E-state index contributed by atoms with van der Waals surface area (Å²) in [5.41, 5.74) is 8.23. The van der Waals surface area contributed by atoms with E-state index in [0.717, 1.165) is 6.42 Å². The van der Waals surface area contributed by atoms with Gasteiger partial charge in [-0.15, -0.1) is 0 Å². The van der Waals surface area contributed by atoms with E-state index in [9.17, 15) is 0 Å². The Morgan fingerprint density at radius 2 is 1.67 bits per heavy atom. The number of nitrogens with two attached hydrogens (primary N) is 2. The molecule has 0 aromatic carbocycles. The van der Waals surface area contributed by atoms with Crippen molar-refractivity contribution in [3.63, 3.8) is 0 Å². The predicted octanol–water partition coefficient (Wildman–Crippen LogP) is 1.97. The average molecular weight is 252 g/mol. The molecule has 0 aliphatic heterocycles. The van der Waals surface area contributed by atoms with Crippen LogP contribution in [-0.4, -0.2) is 15.5 Å². The number of nitrogen functional groups attached to an aromatic ring is 2. The highest BCUT2D eigenvalue weighted by atomic mass is 15.3. The first kappa shape index (κ1) is 14.5. The number of nitrogens with one attached hydrogen (secondary N) is 2. The lowest BCUT2D eigenvalue weighted by molar-refractivity contribution is 0.302. The molecule has 1 aromatic rings. The van der Waals surface area contributed by atoms with Crippen LogP contribution in [0, 0.1) is 5.41 Å². The molecule has 0 bridgehead atoms. The molecule has 0 atom stereocenters. The van der Waals surface area contributed by atoms with Crippen molar-refractivity contribution in [2.45, 2.75) is 46.6 Å². The van der Waals surface area contributed by atoms with Gasteiger partial charge in [0.2, 0.25) is 5.95 Å². The van der Waals surface area contributed by atoms with Crippen LogP contribution < -0.4 is 22.3 Å². The molecule has 0 unspecified atom stereocenters. The summed E-state index contributed by atoms with van der Waals surface area (Å²) in [6.07, 6.45) is 0.995. The number of hydrogen-bond acceptors (Lipinski definition) is 6. The monoisotopic (exact) mass is 252 g/mol. The predicted molar refractivity (Wildman–Crippen MR) is 76.0 cm³/mol. The molecule has 6 N–H and O–H groups in total. The molecule has 0 fully saturated rings. The lowest BCUT2D eigenvalue weighted by Gasteiger charge is -2.33. The van der Waals surface area contributed by atoms with Crippen molar-refractivity contribution < 1.29 is 0 Å². The highest BCUT2D eigenvalue weighted by Gasteiger charge is 2.25. The van der Waals surface area contributed by atoms with Crippen LogP contribution in [0.25, 0.3) is 0 Å². The van der Waals surface area contributed by atoms with Gasteiger partial charge in [0.15, 0.2) is 0 Å². The van der Waals surface area contributed by atoms with Gasteiger partial charge in [-0.3, -0.25) is 0 Å². The molecular formula is C12H24N6. The Kier molecular flexibility index (Phi) is 4.01. The second kappa shape index (κ2) is 4.97. The Bertz CT molecular complexity index is 408. The van der Waals surface area contributed by atoms with Crippen LogP contribution in [0.1, 0.15) is 41.0 Å². The maximum Gasteiger partial charge on any atom is 0.223 e. The SMILES string of the molecule is CC(C)(C)CC(C)(C)Nc1cc(NN)nc(N)n1. The summed E-state index contributed by atoms with van der Waals surface area (Å²) < 4.78 is 0. The van der Waals surface area contributed by atoms with Gasteiger partial charge in [-0.25, -0.2) is 5.84 Å². The molecule has 0 aliphatic carbocycles. The van der Waals surface area contributed by atoms with Gasteiger partial charge < -0.3 is 16.5 Å². The first-order chi connectivity index (χ1) is 8.11. The summed E-state index contributed by atoms with van der Waals surface area (Å²) in [4.78, 5) is 8.10. The fourth-order valence-corrected chi connectivity index (χ4v) is 2.32. The Balaban J connectivity index is 2.86. The average Bonchev–Trinajstić information content (AvgIpc) is 2.11. The minimum absolute atomic E-state index is 0.0923. The second-order valence-corrected chi connectivity index (χ2v) is 6.39. The van der Waals surface area contributed by atoms with E-state index < -0.39 is 0 Å². The van der Waals surface area contributed by atoms with Crippen LogP contribution in [0.2, 0.25) is 0 Å². The zero-order chi connectivity index (χ0) is 14.0. The van der Waals surface area contributed by atoms with E-state index in [1.54, 1.807) is 6.07 Å². The van der Waals surface area contributed by atoms with E-state index in [-0.39, 0.29) is 16.9 Å². The van der Waals surface area contributed by atoms with Gasteiger partial charge in [0.25, 0.3) is 0 Å². The highest BCUT2D eigenvalue weighted by molar-refractivity contribution is 5.51. The minimum atomic E-state index is -0.0923. The van der Waals surface area contributed by atoms with Crippen molar-refractivity contribution in [2.75, 3.05) is 16.5 Å². The minimum Gasteiger partial charge on any atom is -0.368 e. The van der Waals surface area contributed by atoms with Gasteiger partial charge >= 0.3 is 0 Å². The largest absolute Gasteiger partial charge is 0.368 e. The molecule has 0 spiro atoms. The lowest BCUT2D eigenvalue weighted by atomic mass is 9.82. The number of hydrogen-bond donors (Lipinski definition) is 4. The van der Waals surface area contributed by atoms with E-state index in [2.05, 4.69) is 55.3 Å². The van der Waals surface area contributed by atoms with E-state index in [0.29, 0.717) is 11.6 Å². The molecular weight excluding hydrogens is 228 g/mol. The molecule has 0 saturated heterocycles. The molecule has 1 rings (SSSR count). The molecule has 6 heteroatoms. The Morgan fingerprint density at radius 1 is 1.11 bits per heavy atom. The fourth-order valence-electron chi connectivity index (χ4n) is 2.32. The molecule has 1 heterocycles. The zero-order valence-corrected chi connectivity index (χ0v) is 11.8. The van der Waals surface area contributed by atoms with E-state index in [1.165, 1.54) is 0 Å². The number of hydrazine groups is 1. The fraction of sp³-hybridized carbons (Fsp3) is 0.667. The summed E-state index contributed by atoms with van der Waals surface area (Å²) >= 11 is 0. The van der Waals surface area contributed by atoms with Crippen LogP contribution in [0.3, 0.4) is 0 Å². The molecule has 0 saturated carbocycles. The Labute approximate surface area is 109 Å². The topological polar surface area (TPSA) is 102 Å². The molecule has 102 valence electrons. The van der Waals surface area contributed by atoms with Crippen LogP contribution in [0.5, 0.6) is 0 Å². The second-order valence-electron chi connectivity index (χ2n) is 6.39. The Morgan fingerprint density at radius 3 is 2.17 bits per heavy atom. The summed E-state index contributed by atoms with van der Waals surface area (Å²) in [5, 5.41) is 3.36. The molecule has 0 radical (unpaired) electrons. The van der Waals surface area contributed by atoms with Crippen molar-refractivity contribution >= 4 is 17.6 Å². The maximum absolute atomic E-state index is 5.62. The van der Waals surface area contributed by atoms with Crippen LogP contribution >= 0.6 is 0 Å². The highest BCUT2D eigenvalue weighted by Crippen LogP contribution is 2.29. The third-order valence-electron chi connectivity index (χ3n) is 2.33. The van der Waals surface area contributed by atoms with Gasteiger partial charge in [-0.1, -0.05) is 20.8 Å². The maximum atomic E-state index is 5.62. The molecule has 6 nitrogen and oxygen atoms in total. The lowest BCUT2D eigenvalue weighted by Crippen LogP contribution is -2.35. The number of anilines is 3. The molecule has 0 amide bonds.